The van der Waals surface area contributed by atoms with Crippen LogP contribution in [0.3, 0.4) is 0 Å². The quantitative estimate of drug-likeness (QED) is 0.307. The fourth-order valence-electron chi connectivity index (χ4n) is 4.77. The van der Waals surface area contributed by atoms with Crippen LogP contribution in [-0.4, -0.2) is 24.3 Å². The second kappa shape index (κ2) is 11.1. The first-order valence-corrected chi connectivity index (χ1v) is 14.1. The third-order valence-corrected chi connectivity index (χ3v) is 7.86. The maximum atomic E-state index is 14.0. The minimum Gasteiger partial charge on any atom is -0.497 e. The molecule has 204 valence electrons. The fraction of sp³-hybridized carbons (Fsp3) is 0.242. The number of fused-ring (bicyclic) bond motifs is 1. The molecular weight excluding hydrogens is 520 g/mol. The van der Waals surface area contributed by atoms with Gasteiger partial charge in [0, 0.05) is 5.56 Å². The number of hydrogen-bond acceptors (Lipinski definition) is 6. The van der Waals surface area contributed by atoms with Crippen LogP contribution in [0.1, 0.15) is 56.0 Å². The highest BCUT2D eigenvalue weighted by Gasteiger charge is 2.35. The number of rotatable bonds is 6. The normalized spacial score (nSPS) is 15.4. The Hall–Kier alpha value is -4.23. The molecule has 0 spiro atoms. The van der Waals surface area contributed by atoms with Gasteiger partial charge in [0.15, 0.2) is 4.80 Å². The van der Waals surface area contributed by atoms with E-state index in [9.17, 15) is 9.59 Å². The maximum absolute atomic E-state index is 14.0. The summed E-state index contributed by atoms with van der Waals surface area (Å²) in [5, 5.41) is 0. The smallest absolute Gasteiger partial charge is 0.338 e. The predicted molar refractivity (Wildman–Crippen MR) is 159 cm³/mol. The Morgan fingerprint density at radius 3 is 2.27 bits per heavy atom. The van der Waals surface area contributed by atoms with Crippen LogP contribution < -0.4 is 19.6 Å². The summed E-state index contributed by atoms with van der Waals surface area (Å²) in [6, 6.07) is 24.5. The van der Waals surface area contributed by atoms with Crippen LogP contribution in [-0.2, 0) is 14.9 Å². The van der Waals surface area contributed by atoms with Gasteiger partial charge < -0.3 is 9.47 Å². The van der Waals surface area contributed by atoms with E-state index in [0.717, 1.165) is 16.7 Å². The molecule has 0 radical (unpaired) electrons. The number of benzene rings is 3. The van der Waals surface area contributed by atoms with Crippen molar-refractivity contribution in [2.24, 2.45) is 4.99 Å². The van der Waals surface area contributed by atoms with Crippen molar-refractivity contribution >= 4 is 29.1 Å². The first-order valence-electron chi connectivity index (χ1n) is 13.2. The second-order valence-electron chi connectivity index (χ2n) is 10.6. The number of ether oxygens (including phenoxy) is 2. The molecule has 0 aliphatic carbocycles. The monoisotopic (exact) mass is 552 g/mol. The number of thiazole rings is 1. The van der Waals surface area contributed by atoms with Gasteiger partial charge in [0.05, 0.1) is 35.6 Å². The Morgan fingerprint density at radius 2 is 1.68 bits per heavy atom. The Balaban J connectivity index is 1.76. The standard InChI is InChI=1S/C33H32N2O4S/c1-6-39-31(37)27-28(22-10-8-7-9-11-22)34-32-35(29(27)23-14-18-25(38-5)19-15-23)30(36)26(40-32)20-21-12-16-24(17-13-21)33(2,3)4/h7-20,29H,6H2,1-5H3/b26-20-/t29-/m0/s1. The first-order chi connectivity index (χ1) is 19.2. The minimum atomic E-state index is -0.721. The third kappa shape index (κ3) is 5.29. The van der Waals surface area contributed by atoms with Crippen molar-refractivity contribution in [1.29, 1.82) is 0 Å². The molecule has 4 aromatic rings. The average molecular weight is 553 g/mol. The molecule has 3 aromatic carbocycles. The number of nitrogens with zero attached hydrogens (tertiary/aromatic N) is 2. The number of esters is 1. The van der Waals surface area contributed by atoms with E-state index in [1.54, 1.807) is 18.6 Å². The second-order valence-corrected chi connectivity index (χ2v) is 11.6. The molecule has 0 saturated heterocycles. The molecule has 6 nitrogen and oxygen atoms in total. The van der Waals surface area contributed by atoms with Gasteiger partial charge in [0.2, 0.25) is 0 Å². The van der Waals surface area contributed by atoms with Crippen LogP contribution in [0.2, 0.25) is 0 Å². The lowest BCUT2D eigenvalue weighted by Crippen LogP contribution is -2.40. The number of aromatic nitrogens is 1. The van der Waals surface area contributed by atoms with Crippen molar-refractivity contribution in [3.63, 3.8) is 0 Å². The van der Waals surface area contributed by atoms with Crippen molar-refractivity contribution in [3.8, 4) is 5.75 Å². The Labute approximate surface area is 237 Å². The van der Waals surface area contributed by atoms with E-state index >= 15 is 0 Å². The van der Waals surface area contributed by atoms with E-state index < -0.39 is 12.0 Å². The van der Waals surface area contributed by atoms with E-state index in [1.165, 1.54) is 16.9 Å². The van der Waals surface area contributed by atoms with Crippen LogP contribution >= 0.6 is 11.3 Å². The molecule has 1 atom stereocenters. The van der Waals surface area contributed by atoms with Gasteiger partial charge >= 0.3 is 5.97 Å². The van der Waals surface area contributed by atoms with Crippen LogP contribution in [0, 0.1) is 0 Å². The SMILES string of the molecule is CCOC(=O)C1=C(c2ccccc2)N=c2s/c(=C\c3ccc(C(C)(C)C)cc3)c(=O)n2[C@H]1c1ccc(OC)cc1. The van der Waals surface area contributed by atoms with E-state index in [2.05, 4.69) is 32.9 Å². The lowest BCUT2D eigenvalue weighted by Gasteiger charge is -2.26. The van der Waals surface area contributed by atoms with Gasteiger partial charge in [-0.05, 0) is 47.2 Å². The number of carbonyl (C=O) groups excluding carboxylic acids is 1. The molecule has 40 heavy (non-hydrogen) atoms. The molecule has 0 fully saturated rings. The van der Waals surface area contributed by atoms with Crippen LogP contribution in [0.4, 0.5) is 0 Å². The zero-order valence-corrected chi connectivity index (χ0v) is 24.1. The Kier molecular flexibility index (Phi) is 7.59. The Bertz CT molecular complexity index is 1740. The van der Waals surface area contributed by atoms with Gasteiger partial charge in [0.1, 0.15) is 5.75 Å². The first kappa shape index (κ1) is 27.3. The van der Waals surface area contributed by atoms with Gasteiger partial charge in [-0.3, -0.25) is 9.36 Å². The van der Waals surface area contributed by atoms with E-state index in [1.807, 2.05) is 72.8 Å². The van der Waals surface area contributed by atoms with Crippen molar-refractivity contribution in [1.82, 2.24) is 4.57 Å². The molecule has 0 N–H and O–H groups in total. The summed E-state index contributed by atoms with van der Waals surface area (Å²) in [6.07, 6.45) is 1.89. The van der Waals surface area contributed by atoms with E-state index in [4.69, 9.17) is 14.5 Å². The molecule has 1 aliphatic heterocycles. The molecule has 0 saturated carbocycles. The Morgan fingerprint density at radius 1 is 1.00 bits per heavy atom. The van der Waals surface area contributed by atoms with E-state index in [-0.39, 0.29) is 17.6 Å². The van der Waals surface area contributed by atoms with Gasteiger partial charge in [-0.25, -0.2) is 9.79 Å². The van der Waals surface area contributed by atoms with E-state index in [0.29, 0.717) is 26.4 Å². The number of methoxy groups -OCH3 is 1. The average Bonchev–Trinajstić information content (AvgIpc) is 3.26. The molecule has 2 heterocycles. The largest absolute Gasteiger partial charge is 0.497 e. The molecule has 0 unspecified atom stereocenters. The molecule has 5 rings (SSSR count). The predicted octanol–water partition coefficient (Wildman–Crippen LogP) is 5.24. The summed E-state index contributed by atoms with van der Waals surface area (Å²) in [6.45, 7) is 8.48. The highest BCUT2D eigenvalue weighted by atomic mass is 32.1. The van der Waals surface area contributed by atoms with Crippen LogP contribution in [0.25, 0.3) is 11.8 Å². The van der Waals surface area contributed by atoms with Crippen molar-refractivity contribution < 1.29 is 14.3 Å². The highest BCUT2D eigenvalue weighted by Crippen LogP contribution is 2.35. The van der Waals surface area contributed by atoms with Gasteiger partial charge in [-0.15, -0.1) is 0 Å². The fourth-order valence-corrected chi connectivity index (χ4v) is 5.77. The van der Waals surface area contributed by atoms with Gasteiger partial charge in [0.25, 0.3) is 5.56 Å². The zero-order valence-electron chi connectivity index (χ0n) is 23.3. The summed E-state index contributed by atoms with van der Waals surface area (Å²) in [4.78, 5) is 33.0. The lowest BCUT2D eigenvalue weighted by atomic mass is 9.87. The summed E-state index contributed by atoms with van der Waals surface area (Å²) in [5.74, 6) is 0.178. The minimum absolute atomic E-state index is 0.0353. The number of hydrogen-bond donors (Lipinski definition) is 0. The number of carbonyl (C=O) groups is 1. The summed E-state index contributed by atoms with van der Waals surface area (Å²) in [5.41, 5.74) is 4.33. The third-order valence-electron chi connectivity index (χ3n) is 6.88. The maximum Gasteiger partial charge on any atom is 0.338 e. The molecule has 7 heteroatoms. The van der Waals surface area contributed by atoms with Crippen LogP contribution in [0.5, 0.6) is 5.75 Å². The summed E-state index contributed by atoms with van der Waals surface area (Å²) < 4.78 is 13.0. The lowest BCUT2D eigenvalue weighted by molar-refractivity contribution is -0.138. The zero-order chi connectivity index (χ0) is 28.4. The summed E-state index contributed by atoms with van der Waals surface area (Å²) >= 11 is 1.32. The molecular formula is C33H32N2O4S. The highest BCUT2D eigenvalue weighted by molar-refractivity contribution is 7.07. The van der Waals surface area contributed by atoms with Crippen molar-refractivity contribution in [2.75, 3.05) is 13.7 Å². The molecule has 0 amide bonds. The van der Waals surface area contributed by atoms with Gasteiger partial charge in [-0.1, -0.05) is 98.8 Å². The summed E-state index contributed by atoms with van der Waals surface area (Å²) in [7, 11) is 1.60. The topological polar surface area (TPSA) is 69.9 Å². The molecule has 0 bridgehead atoms. The van der Waals surface area contributed by atoms with Crippen molar-refractivity contribution in [2.45, 2.75) is 39.2 Å². The molecule has 1 aromatic heterocycles. The molecule has 1 aliphatic rings. The van der Waals surface area contributed by atoms with Gasteiger partial charge in [-0.2, -0.15) is 0 Å². The van der Waals surface area contributed by atoms with Crippen LogP contribution in [0.15, 0.2) is 94.2 Å². The van der Waals surface area contributed by atoms with Crippen molar-refractivity contribution in [3.05, 3.63) is 126 Å².